The van der Waals surface area contributed by atoms with Crippen LogP contribution >= 0.6 is 11.3 Å². The van der Waals surface area contributed by atoms with E-state index in [-0.39, 0.29) is 11.6 Å². The first-order chi connectivity index (χ1) is 15.1. The number of nitrogens with zero attached hydrogens (tertiary/aromatic N) is 5. The molecule has 3 aromatic rings. The lowest BCUT2D eigenvalue weighted by molar-refractivity contribution is -0.385. The number of benzene rings is 1. The van der Waals surface area contributed by atoms with Gasteiger partial charge in [-0.05, 0) is 48.6 Å². The minimum Gasteiger partial charge on any atom is -0.439 e. The van der Waals surface area contributed by atoms with E-state index < -0.39 is 4.92 Å². The largest absolute Gasteiger partial charge is 0.439 e. The van der Waals surface area contributed by atoms with E-state index in [0.717, 1.165) is 48.3 Å². The average Bonchev–Trinajstić information content (AvgIpc) is 3.20. The maximum Gasteiger partial charge on any atom is 0.287 e. The molecular formula is C22H17N5O3S. The van der Waals surface area contributed by atoms with Gasteiger partial charge in [0.1, 0.15) is 23.0 Å². The molecule has 0 spiro atoms. The lowest BCUT2D eigenvalue weighted by Gasteiger charge is -2.39. The van der Waals surface area contributed by atoms with E-state index in [1.165, 1.54) is 22.7 Å². The van der Waals surface area contributed by atoms with Crippen LogP contribution in [0.4, 0.5) is 15.7 Å². The summed E-state index contributed by atoms with van der Waals surface area (Å²) in [6.45, 7) is 2.13. The third kappa shape index (κ3) is 3.62. The van der Waals surface area contributed by atoms with Gasteiger partial charge in [0.15, 0.2) is 0 Å². The number of anilines is 1. The molecule has 1 fully saturated rings. The minimum absolute atomic E-state index is 0.0873. The van der Waals surface area contributed by atoms with Crippen LogP contribution in [0.2, 0.25) is 0 Å². The highest BCUT2D eigenvalue weighted by molar-refractivity contribution is 7.20. The van der Waals surface area contributed by atoms with Gasteiger partial charge >= 0.3 is 0 Å². The molecule has 2 bridgehead atoms. The predicted molar refractivity (Wildman–Crippen MR) is 118 cm³/mol. The Balaban J connectivity index is 1.32. The summed E-state index contributed by atoms with van der Waals surface area (Å²) in [5.74, 6) is 1.32. The van der Waals surface area contributed by atoms with E-state index in [1.54, 1.807) is 29.7 Å². The van der Waals surface area contributed by atoms with Crippen molar-refractivity contribution < 1.29 is 9.66 Å². The normalized spacial score (nSPS) is 15.1. The third-order valence-electron chi connectivity index (χ3n) is 5.57. The van der Waals surface area contributed by atoms with Gasteiger partial charge in [0.2, 0.25) is 5.88 Å². The van der Waals surface area contributed by atoms with Crippen molar-refractivity contribution in [2.24, 2.45) is 4.99 Å². The SMILES string of the molecule is N#Cc1c(N=Cc2ccc(Oc3ccc([N+](=O)[O-])cn3)cc2)sc2c1C1CCN2CC1. The molecule has 3 aliphatic heterocycles. The Bertz CT molecular complexity index is 1200. The molecule has 0 N–H and O–H groups in total. The van der Waals surface area contributed by atoms with E-state index in [9.17, 15) is 15.4 Å². The Kier molecular flexibility index (Phi) is 4.84. The summed E-state index contributed by atoms with van der Waals surface area (Å²) < 4.78 is 5.63. The van der Waals surface area contributed by atoms with Crippen LogP contribution < -0.4 is 9.64 Å². The summed E-state index contributed by atoms with van der Waals surface area (Å²) in [4.78, 5) is 21.1. The fourth-order valence-electron chi connectivity index (χ4n) is 4.02. The Morgan fingerprint density at radius 2 is 2.03 bits per heavy atom. The van der Waals surface area contributed by atoms with Crippen LogP contribution in [0.1, 0.15) is 35.4 Å². The fourth-order valence-corrected chi connectivity index (χ4v) is 5.26. The van der Waals surface area contributed by atoms with Crippen molar-refractivity contribution in [3.05, 3.63) is 69.4 Å². The second-order valence-corrected chi connectivity index (χ2v) is 8.39. The van der Waals surface area contributed by atoms with Gasteiger partial charge in [-0.1, -0.05) is 11.3 Å². The summed E-state index contributed by atoms with van der Waals surface area (Å²) in [6.07, 6.45) is 5.15. The first kappa shape index (κ1) is 19.2. The van der Waals surface area contributed by atoms with E-state index in [1.807, 2.05) is 12.1 Å². The van der Waals surface area contributed by atoms with Gasteiger partial charge in [-0.25, -0.2) is 9.98 Å². The van der Waals surface area contributed by atoms with Crippen LogP contribution in [0.15, 0.2) is 47.6 Å². The summed E-state index contributed by atoms with van der Waals surface area (Å²) >= 11 is 1.60. The molecule has 2 aromatic heterocycles. The van der Waals surface area contributed by atoms with Crippen molar-refractivity contribution >= 4 is 33.2 Å². The lowest BCUT2D eigenvalue weighted by Crippen LogP contribution is -2.37. The molecule has 0 amide bonds. The van der Waals surface area contributed by atoms with E-state index in [2.05, 4.69) is 20.9 Å². The molecule has 0 atom stereocenters. The molecule has 5 heterocycles. The molecule has 8 nitrogen and oxygen atoms in total. The summed E-state index contributed by atoms with van der Waals surface area (Å²) in [5, 5.41) is 22.4. The quantitative estimate of drug-likeness (QED) is 0.314. The molecule has 0 saturated carbocycles. The number of nitro groups is 1. The Morgan fingerprint density at radius 1 is 1.26 bits per heavy atom. The highest BCUT2D eigenvalue weighted by Crippen LogP contribution is 2.52. The summed E-state index contributed by atoms with van der Waals surface area (Å²) in [6, 6.07) is 12.5. The second kappa shape index (κ2) is 7.81. The molecule has 1 saturated heterocycles. The molecular weight excluding hydrogens is 414 g/mol. The molecule has 0 aliphatic carbocycles. The highest BCUT2D eigenvalue weighted by atomic mass is 32.1. The minimum atomic E-state index is -0.505. The first-order valence-electron chi connectivity index (χ1n) is 9.86. The van der Waals surface area contributed by atoms with Crippen LogP contribution in [0.3, 0.4) is 0 Å². The Labute approximate surface area is 182 Å². The maximum atomic E-state index is 10.7. The summed E-state index contributed by atoms with van der Waals surface area (Å²) in [7, 11) is 0. The zero-order chi connectivity index (χ0) is 21.4. The number of hydrogen-bond donors (Lipinski definition) is 0. The van der Waals surface area contributed by atoms with Gasteiger partial charge in [-0.2, -0.15) is 5.26 Å². The van der Waals surface area contributed by atoms with Gasteiger partial charge in [-0.15, -0.1) is 0 Å². The number of thiophene rings is 1. The highest BCUT2D eigenvalue weighted by Gasteiger charge is 2.36. The molecule has 3 aliphatic rings. The topological polar surface area (TPSA) is 105 Å². The maximum absolute atomic E-state index is 10.7. The van der Waals surface area contributed by atoms with Crippen LogP contribution in [0, 0.1) is 21.4 Å². The van der Waals surface area contributed by atoms with Gasteiger partial charge in [0.05, 0.1) is 15.5 Å². The lowest BCUT2D eigenvalue weighted by atomic mass is 9.84. The number of fused-ring (bicyclic) bond motifs is 2. The number of aliphatic imine (C=N–C) groups is 1. The molecule has 154 valence electrons. The van der Waals surface area contributed by atoms with Crippen LogP contribution in [-0.4, -0.2) is 29.2 Å². The number of rotatable bonds is 5. The van der Waals surface area contributed by atoms with Crippen molar-refractivity contribution in [1.29, 1.82) is 5.26 Å². The van der Waals surface area contributed by atoms with E-state index in [4.69, 9.17) is 4.74 Å². The number of ether oxygens (including phenoxy) is 1. The summed E-state index contributed by atoms with van der Waals surface area (Å²) in [5.41, 5.74) is 2.70. The van der Waals surface area contributed by atoms with Crippen molar-refractivity contribution in [2.45, 2.75) is 18.8 Å². The standard InChI is InChI=1S/C22H17N5O3S/c23-11-18-20-15-7-9-26(10-8-15)22(20)31-21(18)25-12-14-1-4-17(5-2-14)30-19-6-3-16(13-24-19)27(28)29/h1-6,12-13,15H,7-10H2. The fraction of sp³-hybridized carbons (Fsp3) is 0.227. The van der Waals surface area contributed by atoms with Crippen molar-refractivity contribution in [1.82, 2.24) is 4.98 Å². The van der Waals surface area contributed by atoms with Gasteiger partial charge < -0.3 is 9.64 Å². The molecule has 0 radical (unpaired) electrons. The number of pyridine rings is 1. The molecule has 0 unspecified atom stereocenters. The van der Waals surface area contributed by atoms with Crippen LogP contribution in [0.5, 0.6) is 11.6 Å². The predicted octanol–water partition coefficient (Wildman–Crippen LogP) is 5.16. The zero-order valence-corrected chi connectivity index (χ0v) is 17.2. The van der Waals surface area contributed by atoms with Gasteiger partial charge in [-0.3, -0.25) is 10.1 Å². The first-order valence-corrected chi connectivity index (χ1v) is 10.7. The zero-order valence-electron chi connectivity index (χ0n) is 16.4. The number of nitriles is 1. The Hall–Kier alpha value is -3.77. The van der Waals surface area contributed by atoms with Gasteiger partial charge in [0, 0.05) is 37.0 Å². The molecule has 9 heteroatoms. The van der Waals surface area contributed by atoms with Crippen molar-refractivity contribution in [2.75, 3.05) is 18.0 Å². The van der Waals surface area contributed by atoms with E-state index in [0.29, 0.717) is 11.7 Å². The second-order valence-electron chi connectivity index (χ2n) is 7.42. The molecule has 31 heavy (non-hydrogen) atoms. The van der Waals surface area contributed by atoms with Gasteiger partial charge in [0.25, 0.3) is 5.69 Å². The van der Waals surface area contributed by atoms with Crippen molar-refractivity contribution in [3.8, 4) is 17.7 Å². The number of aromatic nitrogens is 1. The number of hydrogen-bond acceptors (Lipinski definition) is 8. The third-order valence-corrected chi connectivity index (χ3v) is 6.75. The molecule has 6 rings (SSSR count). The number of piperidine rings is 1. The molecule has 1 aromatic carbocycles. The van der Waals surface area contributed by atoms with Crippen LogP contribution in [0.25, 0.3) is 0 Å². The van der Waals surface area contributed by atoms with Crippen molar-refractivity contribution in [3.63, 3.8) is 0 Å². The van der Waals surface area contributed by atoms with Crippen LogP contribution in [-0.2, 0) is 0 Å². The van der Waals surface area contributed by atoms with E-state index >= 15 is 0 Å². The average molecular weight is 431 g/mol. The Morgan fingerprint density at radius 3 is 2.68 bits per heavy atom. The monoisotopic (exact) mass is 431 g/mol. The smallest absolute Gasteiger partial charge is 0.287 e.